The molecule has 1 aromatic heterocycles. The molecular formula is C18H20N2. The number of benzene rings is 1. The van der Waals surface area contributed by atoms with E-state index in [1.165, 1.54) is 27.8 Å². The highest BCUT2D eigenvalue weighted by Gasteiger charge is 2.16. The lowest BCUT2D eigenvalue weighted by Crippen LogP contribution is -2.04. The molecule has 2 heteroatoms. The van der Waals surface area contributed by atoms with Crippen LogP contribution in [0.4, 0.5) is 0 Å². The average Bonchev–Trinajstić information content (AvgIpc) is 2.42. The molecule has 1 atom stereocenters. The summed E-state index contributed by atoms with van der Waals surface area (Å²) in [4.78, 5) is 4.02. The maximum Gasteiger partial charge on any atom is 0.0721 e. The Labute approximate surface area is 121 Å². The number of hydrogen-bond donors (Lipinski definition) is 0. The minimum Gasteiger partial charge on any atom is -0.265 e. The molecule has 0 N–H and O–H groups in total. The van der Waals surface area contributed by atoms with Crippen molar-refractivity contribution in [3.63, 3.8) is 0 Å². The van der Waals surface area contributed by atoms with Crippen molar-refractivity contribution in [1.29, 1.82) is 5.26 Å². The molecular weight excluding hydrogens is 244 g/mol. The Morgan fingerprint density at radius 1 is 1.10 bits per heavy atom. The predicted octanol–water partition coefficient (Wildman–Crippen LogP) is 4.25. The lowest BCUT2D eigenvalue weighted by molar-refractivity contribution is 0.736. The van der Waals surface area contributed by atoms with Crippen LogP contribution >= 0.6 is 0 Å². The third-order valence-corrected chi connectivity index (χ3v) is 3.71. The lowest BCUT2D eigenvalue weighted by Gasteiger charge is -2.16. The molecule has 0 radical (unpaired) electrons. The number of nitriles is 1. The number of aromatic nitrogens is 1. The molecule has 0 aliphatic rings. The molecule has 1 aromatic carbocycles. The molecule has 0 aliphatic carbocycles. The average molecular weight is 264 g/mol. The van der Waals surface area contributed by atoms with E-state index in [0.29, 0.717) is 0 Å². The van der Waals surface area contributed by atoms with Crippen molar-refractivity contribution in [1.82, 2.24) is 4.98 Å². The van der Waals surface area contributed by atoms with Crippen molar-refractivity contribution in [3.05, 3.63) is 64.5 Å². The fourth-order valence-electron chi connectivity index (χ4n) is 2.87. The maximum atomic E-state index is 9.51. The largest absolute Gasteiger partial charge is 0.265 e. The van der Waals surface area contributed by atoms with E-state index in [9.17, 15) is 5.26 Å². The van der Waals surface area contributed by atoms with Gasteiger partial charge in [0.15, 0.2) is 0 Å². The molecule has 0 saturated heterocycles. The molecule has 0 fully saturated rings. The Bertz CT molecular complexity index is 601. The summed E-state index contributed by atoms with van der Waals surface area (Å²) in [5.41, 5.74) is 6.15. The zero-order valence-corrected chi connectivity index (χ0v) is 12.4. The van der Waals surface area contributed by atoms with Gasteiger partial charge in [-0.15, -0.1) is 0 Å². The molecule has 2 nitrogen and oxygen atoms in total. The summed E-state index contributed by atoms with van der Waals surface area (Å²) in [6.07, 6.45) is 5.37. The Kier molecular flexibility index (Phi) is 4.53. The molecule has 2 rings (SSSR count). The van der Waals surface area contributed by atoms with E-state index >= 15 is 0 Å². The molecule has 20 heavy (non-hydrogen) atoms. The van der Waals surface area contributed by atoms with Gasteiger partial charge in [0.1, 0.15) is 0 Å². The standard InChI is InChI=1S/C18H20N2/c1-13-10-14(2)18(15(3)11-13)17(12-19)5-4-16-6-8-20-9-7-16/h6-11,17H,4-5H2,1-3H3. The van der Waals surface area contributed by atoms with E-state index in [-0.39, 0.29) is 5.92 Å². The summed E-state index contributed by atoms with van der Waals surface area (Å²) >= 11 is 0. The summed E-state index contributed by atoms with van der Waals surface area (Å²) in [7, 11) is 0. The van der Waals surface area contributed by atoms with Crippen LogP contribution in [-0.4, -0.2) is 4.98 Å². The third-order valence-electron chi connectivity index (χ3n) is 3.71. The highest BCUT2D eigenvalue weighted by molar-refractivity contribution is 5.42. The van der Waals surface area contributed by atoms with Crippen LogP contribution in [-0.2, 0) is 6.42 Å². The predicted molar refractivity (Wildman–Crippen MR) is 81.6 cm³/mol. The van der Waals surface area contributed by atoms with Crippen molar-refractivity contribution < 1.29 is 0 Å². The fourth-order valence-corrected chi connectivity index (χ4v) is 2.87. The SMILES string of the molecule is Cc1cc(C)c(C(C#N)CCc2ccncc2)c(C)c1. The molecule has 0 saturated carbocycles. The van der Waals surface area contributed by atoms with E-state index in [0.717, 1.165) is 12.8 Å². The number of aryl methyl sites for hydroxylation is 4. The molecule has 0 amide bonds. The van der Waals surface area contributed by atoms with Gasteiger partial charge < -0.3 is 0 Å². The minimum atomic E-state index is -0.0382. The van der Waals surface area contributed by atoms with Crippen molar-refractivity contribution in [3.8, 4) is 6.07 Å². The van der Waals surface area contributed by atoms with Gasteiger partial charge in [0.2, 0.25) is 0 Å². The van der Waals surface area contributed by atoms with Crippen LogP contribution < -0.4 is 0 Å². The monoisotopic (exact) mass is 264 g/mol. The summed E-state index contributed by atoms with van der Waals surface area (Å²) in [5, 5.41) is 9.51. The van der Waals surface area contributed by atoms with E-state index < -0.39 is 0 Å². The van der Waals surface area contributed by atoms with Gasteiger partial charge in [-0.25, -0.2) is 0 Å². The minimum absolute atomic E-state index is 0.0382. The van der Waals surface area contributed by atoms with Gasteiger partial charge in [-0.1, -0.05) is 17.7 Å². The van der Waals surface area contributed by atoms with Crippen LogP contribution in [0.25, 0.3) is 0 Å². The van der Waals surface area contributed by atoms with E-state index in [2.05, 4.69) is 44.0 Å². The molecule has 0 bridgehead atoms. The van der Waals surface area contributed by atoms with Crippen LogP contribution in [0.15, 0.2) is 36.7 Å². The first-order valence-electron chi connectivity index (χ1n) is 6.98. The van der Waals surface area contributed by atoms with Crippen LogP contribution in [0.3, 0.4) is 0 Å². The Hall–Kier alpha value is -2.14. The van der Waals surface area contributed by atoms with Crippen molar-refractivity contribution >= 4 is 0 Å². The zero-order chi connectivity index (χ0) is 14.5. The Balaban J connectivity index is 2.19. The first-order valence-corrected chi connectivity index (χ1v) is 6.98. The normalized spacial score (nSPS) is 11.9. The maximum absolute atomic E-state index is 9.51. The van der Waals surface area contributed by atoms with Crippen LogP contribution in [0.5, 0.6) is 0 Å². The van der Waals surface area contributed by atoms with Gasteiger partial charge in [-0.3, -0.25) is 4.98 Å². The Morgan fingerprint density at radius 2 is 1.70 bits per heavy atom. The van der Waals surface area contributed by atoms with Gasteiger partial charge >= 0.3 is 0 Å². The first-order chi connectivity index (χ1) is 9.61. The van der Waals surface area contributed by atoms with Gasteiger partial charge in [0.25, 0.3) is 0 Å². The summed E-state index contributed by atoms with van der Waals surface area (Å²) in [6, 6.07) is 10.8. The van der Waals surface area contributed by atoms with Gasteiger partial charge in [0, 0.05) is 12.4 Å². The molecule has 0 aliphatic heterocycles. The second-order valence-corrected chi connectivity index (χ2v) is 5.39. The number of nitrogens with zero attached hydrogens (tertiary/aromatic N) is 2. The van der Waals surface area contributed by atoms with Crippen LogP contribution in [0, 0.1) is 32.1 Å². The first kappa shape index (κ1) is 14.3. The second-order valence-electron chi connectivity index (χ2n) is 5.39. The molecule has 0 spiro atoms. The van der Waals surface area contributed by atoms with Crippen molar-refractivity contribution in [2.45, 2.75) is 39.5 Å². The molecule has 2 aromatic rings. The summed E-state index contributed by atoms with van der Waals surface area (Å²) in [6.45, 7) is 6.31. The molecule has 102 valence electrons. The smallest absolute Gasteiger partial charge is 0.0721 e. The second kappa shape index (κ2) is 6.34. The lowest BCUT2D eigenvalue weighted by atomic mass is 9.86. The fraction of sp³-hybridized carbons (Fsp3) is 0.333. The summed E-state index contributed by atoms with van der Waals surface area (Å²) < 4.78 is 0. The van der Waals surface area contributed by atoms with Gasteiger partial charge in [0.05, 0.1) is 12.0 Å². The van der Waals surface area contributed by atoms with Crippen molar-refractivity contribution in [2.24, 2.45) is 0 Å². The van der Waals surface area contributed by atoms with E-state index in [4.69, 9.17) is 0 Å². The van der Waals surface area contributed by atoms with Gasteiger partial charge in [-0.05, 0) is 68.0 Å². The number of pyridine rings is 1. The number of rotatable bonds is 4. The topological polar surface area (TPSA) is 36.7 Å². The van der Waals surface area contributed by atoms with Crippen LogP contribution in [0.1, 0.15) is 40.2 Å². The highest BCUT2D eigenvalue weighted by Crippen LogP contribution is 2.28. The van der Waals surface area contributed by atoms with Crippen molar-refractivity contribution in [2.75, 3.05) is 0 Å². The van der Waals surface area contributed by atoms with Crippen LogP contribution in [0.2, 0.25) is 0 Å². The quantitative estimate of drug-likeness (QED) is 0.827. The summed E-state index contributed by atoms with van der Waals surface area (Å²) in [5.74, 6) is -0.0382. The Morgan fingerprint density at radius 3 is 2.25 bits per heavy atom. The van der Waals surface area contributed by atoms with Gasteiger partial charge in [-0.2, -0.15) is 5.26 Å². The molecule has 1 unspecified atom stereocenters. The third kappa shape index (κ3) is 3.24. The highest BCUT2D eigenvalue weighted by atomic mass is 14.6. The van der Waals surface area contributed by atoms with E-state index in [1.54, 1.807) is 12.4 Å². The number of hydrogen-bond acceptors (Lipinski definition) is 2. The molecule has 1 heterocycles. The zero-order valence-electron chi connectivity index (χ0n) is 12.4. The van der Waals surface area contributed by atoms with E-state index in [1.807, 2.05) is 12.1 Å².